The molecular weight excluding hydrogens is 382 g/mol. The molecule has 0 aliphatic carbocycles. The van der Waals surface area contributed by atoms with Gasteiger partial charge in [-0.05, 0) is 49.8 Å². The van der Waals surface area contributed by atoms with Crippen molar-refractivity contribution >= 4 is 35.0 Å². The fourth-order valence-electron chi connectivity index (χ4n) is 2.46. The summed E-state index contributed by atoms with van der Waals surface area (Å²) in [6.45, 7) is 3.70. The van der Waals surface area contributed by atoms with E-state index < -0.39 is 4.92 Å². The van der Waals surface area contributed by atoms with E-state index in [4.69, 9.17) is 16.0 Å². The molecule has 7 nitrogen and oxygen atoms in total. The Balaban J connectivity index is 1.73. The number of nitrogens with one attached hydrogen (secondary N) is 1. The van der Waals surface area contributed by atoms with Gasteiger partial charge in [-0.1, -0.05) is 23.7 Å². The fraction of sp³-hybridized carbons (Fsp3) is 0.100. The second-order valence-corrected chi connectivity index (χ2v) is 6.44. The maximum absolute atomic E-state index is 12.2. The normalized spacial score (nSPS) is 11.0. The van der Waals surface area contributed by atoms with Crippen molar-refractivity contribution in [2.45, 2.75) is 13.8 Å². The highest BCUT2D eigenvalue weighted by atomic mass is 35.5. The predicted molar refractivity (Wildman–Crippen MR) is 107 cm³/mol. The molecular formula is C20H16ClN3O4. The van der Waals surface area contributed by atoms with E-state index in [0.29, 0.717) is 17.1 Å². The summed E-state index contributed by atoms with van der Waals surface area (Å²) in [5.41, 5.74) is 2.40. The molecule has 0 saturated heterocycles. The first kappa shape index (κ1) is 19.3. The molecule has 28 heavy (non-hydrogen) atoms. The summed E-state index contributed by atoms with van der Waals surface area (Å²) in [4.78, 5) is 26.9. The molecule has 1 N–H and O–H groups in total. The number of nitrogens with zero attached hydrogens (tertiary/aromatic N) is 2. The van der Waals surface area contributed by atoms with Gasteiger partial charge in [0, 0.05) is 23.4 Å². The Labute approximate surface area is 165 Å². The van der Waals surface area contributed by atoms with E-state index in [1.165, 1.54) is 24.3 Å². The minimum Gasteiger partial charge on any atom is -0.441 e. The maximum Gasteiger partial charge on any atom is 0.288 e. The SMILES string of the molecule is Cc1nc(-c2cccc(NC(=O)/C=C/c3ccc(Cl)c([N+](=O)[O-])c3)c2)oc1C. The third kappa shape index (κ3) is 4.44. The highest BCUT2D eigenvalue weighted by molar-refractivity contribution is 6.32. The molecule has 0 aliphatic heterocycles. The van der Waals surface area contributed by atoms with E-state index >= 15 is 0 Å². The molecule has 1 amide bonds. The Morgan fingerprint density at radius 1 is 1.25 bits per heavy atom. The second-order valence-electron chi connectivity index (χ2n) is 6.03. The van der Waals surface area contributed by atoms with Gasteiger partial charge in [0.25, 0.3) is 5.69 Å². The second kappa shape index (κ2) is 8.06. The third-order valence-electron chi connectivity index (χ3n) is 4.00. The molecule has 0 aliphatic rings. The summed E-state index contributed by atoms with van der Waals surface area (Å²) in [5.74, 6) is 0.842. The smallest absolute Gasteiger partial charge is 0.288 e. The van der Waals surface area contributed by atoms with Crippen LogP contribution in [0.5, 0.6) is 0 Å². The lowest BCUT2D eigenvalue weighted by Crippen LogP contribution is -2.07. The average molecular weight is 398 g/mol. The van der Waals surface area contributed by atoms with E-state index in [-0.39, 0.29) is 16.6 Å². The zero-order valence-electron chi connectivity index (χ0n) is 15.1. The number of oxazole rings is 1. The number of hydrogen-bond acceptors (Lipinski definition) is 5. The number of carbonyl (C=O) groups is 1. The highest BCUT2D eigenvalue weighted by Gasteiger charge is 2.12. The number of anilines is 1. The van der Waals surface area contributed by atoms with Crippen molar-refractivity contribution in [2.24, 2.45) is 0 Å². The number of benzene rings is 2. The van der Waals surface area contributed by atoms with E-state index in [9.17, 15) is 14.9 Å². The first-order valence-corrected chi connectivity index (χ1v) is 8.69. The van der Waals surface area contributed by atoms with Crippen LogP contribution in [0.2, 0.25) is 5.02 Å². The molecule has 0 atom stereocenters. The Morgan fingerprint density at radius 2 is 2.04 bits per heavy atom. The van der Waals surface area contributed by atoms with Gasteiger partial charge in [-0.25, -0.2) is 4.98 Å². The van der Waals surface area contributed by atoms with Gasteiger partial charge in [0.15, 0.2) is 0 Å². The maximum atomic E-state index is 12.2. The molecule has 2 aromatic carbocycles. The topological polar surface area (TPSA) is 98.3 Å². The van der Waals surface area contributed by atoms with Crippen molar-refractivity contribution in [3.63, 3.8) is 0 Å². The largest absolute Gasteiger partial charge is 0.441 e. The van der Waals surface area contributed by atoms with Crippen LogP contribution in [0.25, 0.3) is 17.5 Å². The summed E-state index contributed by atoms with van der Waals surface area (Å²) in [5, 5.41) is 13.7. The first-order valence-electron chi connectivity index (χ1n) is 8.31. The Kier molecular flexibility index (Phi) is 5.56. The van der Waals surface area contributed by atoms with E-state index in [1.807, 2.05) is 19.9 Å². The van der Waals surface area contributed by atoms with Gasteiger partial charge in [-0.2, -0.15) is 0 Å². The number of aryl methyl sites for hydroxylation is 2. The summed E-state index contributed by atoms with van der Waals surface area (Å²) in [6.07, 6.45) is 2.77. The van der Waals surface area contributed by atoms with Crippen molar-refractivity contribution in [1.29, 1.82) is 0 Å². The number of rotatable bonds is 5. The summed E-state index contributed by atoms with van der Waals surface area (Å²) in [6, 6.07) is 11.4. The minimum absolute atomic E-state index is 0.0421. The predicted octanol–water partition coefficient (Wildman–Crippen LogP) is 5.17. The quantitative estimate of drug-likeness (QED) is 0.363. The lowest BCUT2D eigenvalue weighted by atomic mass is 10.2. The Morgan fingerprint density at radius 3 is 2.71 bits per heavy atom. The third-order valence-corrected chi connectivity index (χ3v) is 4.32. The zero-order valence-corrected chi connectivity index (χ0v) is 15.9. The number of hydrogen-bond donors (Lipinski definition) is 1. The van der Waals surface area contributed by atoms with Gasteiger partial charge in [0.1, 0.15) is 10.8 Å². The van der Waals surface area contributed by atoms with Crippen LogP contribution in [-0.4, -0.2) is 15.8 Å². The van der Waals surface area contributed by atoms with Crippen molar-refractivity contribution < 1.29 is 14.1 Å². The average Bonchev–Trinajstić information content (AvgIpc) is 3.00. The van der Waals surface area contributed by atoms with Crippen LogP contribution >= 0.6 is 11.6 Å². The molecule has 1 heterocycles. The standard InChI is InChI=1S/C20H16ClN3O4/c1-12-13(2)28-20(22-12)15-4-3-5-16(11-15)23-19(25)9-7-14-6-8-17(21)18(10-14)24(26)27/h3-11H,1-2H3,(H,23,25)/b9-7+. The molecule has 0 unspecified atom stereocenters. The molecule has 0 radical (unpaired) electrons. The van der Waals surface area contributed by atoms with Crippen LogP contribution < -0.4 is 5.32 Å². The minimum atomic E-state index is -0.572. The van der Waals surface area contributed by atoms with Gasteiger partial charge in [-0.15, -0.1) is 0 Å². The van der Waals surface area contributed by atoms with E-state index in [0.717, 1.165) is 17.0 Å². The number of amides is 1. The molecule has 0 fully saturated rings. The summed E-state index contributed by atoms with van der Waals surface area (Å²) >= 11 is 5.78. The fourth-order valence-corrected chi connectivity index (χ4v) is 2.64. The summed E-state index contributed by atoms with van der Waals surface area (Å²) in [7, 11) is 0. The highest BCUT2D eigenvalue weighted by Crippen LogP contribution is 2.26. The summed E-state index contributed by atoms with van der Waals surface area (Å²) < 4.78 is 5.60. The van der Waals surface area contributed by atoms with Gasteiger partial charge in [0.2, 0.25) is 11.8 Å². The number of halogens is 1. The van der Waals surface area contributed by atoms with Crippen molar-refractivity contribution in [3.05, 3.63) is 80.7 Å². The number of carbonyl (C=O) groups excluding carboxylic acids is 1. The van der Waals surface area contributed by atoms with Gasteiger partial charge < -0.3 is 9.73 Å². The van der Waals surface area contributed by atoms with Gasteiger partial charge in [0.05, 0.1) is 10.6 Å². The number of nitro groups is 1. The molecule has 142 valence electrons. The van der Waals surface area contributed by atoms with Crippen molar-refractivity contribution in [1.82, 2.24) is 4.98 Å². The lowest BCUT2D eigenvalue weighted by molar-refractivity contribution is -0.384. The first-order chi connectivity index (χ1) is 13.3. The van der Waals surface area contributed by atoms with Crippen LogP contribution in [-0.2, 0) is 4.79 Å². The van der Waals surface area contributed by atoms with Crippen LogP contribution in [0.1, 0.15) is 17.0 Å². The molecule has 8 heteroatoms. The molecule has 0 saturated carbocycles. The lowest BCUT2D eigenvalue weighted by Gasteiger charge is -2.04. The Hall–Kier alpha value is -3.45. The molecule has 0 spiro atoms. The van der Waals surface area contributed by atoms with Crippen LogP contribution in [0.4, 0.5) is 11.4 Å². The number of nitro benzene ring substituents is 1. The molecule has 1 aromatic heterocycles. The molecule has 3 aromatic rings. The van der Waals surface area contributed by atoms with Crippen molar-refractivity contribution in [2.75, 3.05) is 5.32 Å². The van der Waals surface area contributed by atoms with Crippen LogP contribution in [0.15, 0.2) is 53.0 Å². The number of aromatic nitrogens is 1. The van der Waals surface area contributed by atoms with Gasteiger partial charge in [-0.3, -0.25) is 14.9 Å². The zero-order chi connectivity index (χ0) is 20.3. The van der Waals surface area contributed by atoms with Gasteiger partial charge >= 0.3 is 0 Å². The van der Waals surface area contributed by atoms with E-state index in [1.54, 1.807) is 24.3 Å². The van der Waals surface area contributed by atoms with Crippen molar-refractivity contribution in [3.8, 4) is 11.5 Å². The molecule has 3 rings (SSSR count). The van der Waals surface area contributed by atoms with E-state index in [2.05, 4.69) is 10.3 Å². The molecule has 0 bridgehead atoms. The van der Waals surface area contributed by atoms with Crippen LogP contribution in [0, 0.1) is 24.0 Å². The van der Waals surface area contributed by atoms with Crippen LogP contribution in [0.3, 0.4) is 0 Å². The monoisotopic (exact) mass is 397 g/mol. The Bertz CT molecular complexity index is 1070.